The number of para-hydroxylation sites is 1. The van der Waals surface area contributed by atoms with Crippen LogP contribution < -0.4 is 10.6 Å². The molecule has 0 saturated carbocycles. The van der Waals surface area contributed by atoms with Gasteiger partial charge in [0, 0.05) is 30.7 Å². The SMILES string of the molecule is CCC(N)c1ccccc1N(CCCl)Cc1ccccc1. The minimum absolute atomic E-state index is 0.0646. The summed E-state index contributed by atoms with van der Waals surface area (Å²) in [5, 5.41) is 0. The van der Waals surface area contributed by atoms with E-state index < -0.39 is 0 Å². The van der Waals surface area contributed by atoms with Crippen LogP contribution in [0.3, 0.4) is 0 Å². The highest BCUT2D eigenvalue weighted by Crippen LogP contribution is 2.28. The molecule has 0 spiro atoms. The van der Waals surface area contributed by atoms with E-state index in [1.807, 2.05) is 6.07 Å². The summed E-state index contributed by atoms with van der Waals surface area (Å²) >= 11 is 6.01. The molecule has 2 aromatic carbocycles. The molecule has 0 heterocycles. The number of nitrogens with zero attached hydrogens (tertiary/aromatic N) is 1. The fraction of sp³-hybridized carbons (Fsp3) is 0.333. The molecule has 0 aromatic heterocycles. The first-order chi connectivity index (χ1) is 10.3. The highest BCUT2D eigenvalue weighted by atomic mass is 35.5. The van der Waals surface area contributed by atoms with Crippen LogP contribution >= 0.6 is 11.6 Å². The summed E-state index contributed by atoms with van der Waals surface area (Å²) in [4.78, 5) is 2.31. The molecule has 1 unspecified atom stereocenters. The first kappa shape index (κ1) is 15.9. The molecule has 1 atom stereocenters. The maximum atomic E-state index is 6.26. The van der Waals surface area contributed by atoms with Crippen LogP contribution in [-0.2, 0) is 6.54 Å². The van der Waals surface area contributed by atoms with E-state index >= 15 is 0 Å². The Morgan fingerprint density at radius 3 is 2.38 bits per heavy atom. The molecule has 0 amide bonds. The zero-order chi connectivity index (χ0) is 15.1. The topological polar surface area (TPSA) is 29.3 Å². The zero-order valence-corrected chi connectivity index (χ0v) is 13.3. The normalized spacial score (nSPS) is 12.1. The second-order valence-electron chi connectivity index (χ2n) is 5.17. The van der Waals surface area contributed by atoms with Gasteiger partial charge in [-0.15, -0.1) is 11.6 Å². The lowest BCUT2D eigenvalue weighted by Gasteiger charge is -2.28. The largest absolute Gasteiger partial charge is 0.366 e. The molecule has 0 saturated heterocycles. The van der Waals surface area contributed by atoms with Crippen molar-refractivity contribution >= 4 is 17.3 Å². The Hall–Kier alpha value is -1.51. The van der Waals surface area contributed by atoms with Crippen molar-refractivity contribution in [1.29, 1.82) is 0 Å². The van der Waals surface area contributed by atoms with Gasteiger partial charge < -0.3 is 10.6 Å². The summed E-state index contributed by atoms with van der Waals surface area (Å²) in [6.07, 6.45) is 0.928. The Morgan fingerprint density at radius 1 is 1.05 bits per heavy atom. The molecule has 21 heavy (non-hydrogen) atoms. The molecule has 2 aromatic rings. The van der Waals surface area contributed by atoms with E-state index in [-0.39, 0.29) is 6.04 Å². The van der Waals surface area contributed by atoms with Crippen molar-refractivity contribution in [2.24, 2.45) is 5.73 Å². The third-order valence-corrected chi connectivity index (χ3v) is 3.86. The monoisotopic (exact) mass is 302 g/mol. The second-order valence-corrected chi connectivity index (χ2v) is 5.55. The van der Waals surface area contributed by atoms with Crippen LogP contribution in [0.25, 0.3) is 0 Å². The third kappa shape index (κ3) is 4.23. The summed E-state index contributed by atoms with van der Waals surface area (Å²) in [6, 6.07) is 18.9. The minimum atomic E-state index is 0.0646. The quantitative estimate of drug-likeness (QED) is 0.771. The zero-order valence-electron chi connectivity index (χ0n) is 12.5. The van der Waals surface area contributed by atoms with Crippen LogP contribution in [0.1, 0.15) is 30.5 Å². The number of hydrogen-bond acceptors (Lipinski definition) is 2. The van der Waals surface area contributed by atoms with Crippen molar-refractivity contribution in [3.8, 4) is 0 Å². The highest BCUT2D eigenvalue weighted by molar-refractivity contribution is 6.18. The average Bonchev–Trinajstić information content (AvgIpc) is 2.55. The van der Waals surface area contributed by atoms with Crippen LogP contribution in [0.4, 0.5) is 5.69 Å². The van der Waals surface area contributed by atoms with E-state index in [9.17, 15) is 0 Å². The smallest absolute Gasteiger partial charge is 0.0430 e. The molecule has 2 nitrogen and oxygen atoms in total. The van der Waals surface area contributed by atoms with Gasteiger partial charge in [-0.05, 0) is 23.6 Å². The number of halogens is 1. The summed E-state index contributed by atoms with van der Waals surface area (Å²) < 4.78 is 0. The number of rotatable bonds is 7. The summed E-state index contributed by atoms with van der Waals surface area (Å²) in [6.45, 7) is 3.77. The van der Waals surface area contributed by atoms with Crippen LogP contribution in [0.15, 0.2) is 54.6 Å². The van der Waals surface area contributed by atoms with Crippen molar-refractivity contribution in [2.75, 3.05) is 17.3 Å². The van der Waals surface area contributed by atoms with E-state index in [0.717, 1.165) is 19.5 Å². The van der Waals surface area contributed by atoms with Gasteiger partial charge in [-0.2, -0.15) is 0 Å². The first-order valence-corrected chi connectivity index (χ1v) is 7.99. The van der Waals surface area contributed by atoms with E-state index in [0.29, 0.717) is 5.88 Å². The van der Waals surface area contributed by atoms with Crippen molar-refractivity contribution in [2.45, 2.75) is 25.9 Å². The third-order valence-electron chi connectivity index (χ3n) is 3.69. The lowest BCUT2D eigenvalue weighted by Crippen LogP contribution is -2.27. The lowest BCUT2D eigenvalue weighted by molar-refractivity contribution is 0.690. The number of benzene rings is 2. The number of alkyl halides is 1. The van der Waals surface area contributed by atoms with Crippen molar-refractivity contribution in [3.63, 3.8) is 0 Å². The van der Waals surface area contributed by atoms with Gasteiger partial charge >= 0.3 is 0 Å². The minimum Gasteiger partial charge on any atom is -0.366 e. The molecule has 3 heteroatoms. The van der Waals surface area contributed by atoms with Gasteiger partial charge in [-0.1, -0.05) is 55.5 Å². The number of anilines is 1. The first-order valence-electron chi connectivity index (χ1n) is 7.45. The Bertz CT molecular complexity index is 542. The summed E-state index contributed by atoms with van der Waals surface area (Å²) in [5.41, 5.74) is 9.93. The Labute approximate surface area is 132 Å². The average molecular weight is 303 g/mol. The summed E-state index contributed by atoms with van der Waals surface area (Å²) in [5.74, 6) is 0.600. The fourth-order valence-electron chi connectivity index (χ4n) is 2.50. The van der Waals surface area contributed by atoms with Crippen molar-refractivity contribution < 1.29 is 0 Å². The lowest BCUT2D eigenvalue weighted by atomic mass is 10.0. The Balaban J connectivity index is 2.30. The standard InChI is InChI=1S/C18H23ClN2/c1-2-17(20)16-10-6-7-11-18(16)21(13-12-19)14-15-8-4-3-5-9-15/h3-11,17H,2,12-14,20H2,1H3. The van der Waals surface area contributed by atoms with Crippen LogP contribution in [0.5, 0.6) is 0 Å². The molecule has 0 aliphatic carbocycles. The van der Waals surface area contributed by atoms with E-state index in [1.54, 1.807) is 0 Å². The number of hydrogen-bond donors (Lipinski definition) is 1. The van der Waals surface area contributed by atoms with E-state index in [4.69, 9.17) is 17.3 Å². The van der Waals surface area contributed by atoms with Gasteiger partial charge in [0.15, 0.2) is 0 Å². The Kier molecular flexibility index (Phi) is 6.09. The van der Waals surface area contributed by atoms with Crippen LogP contribution in [-0.4, -0.2) is 12.4 Å². The molecule has 112 valence electrons. The van der Waals surface area contributed by atoms with Gasteiger partial charge in [0.1, 0.15) is 0 Å². The Morgan fingerprint density at radius 2 is 1.71 bits per heavy atom. The molecular weight excluding hydrogens is 280 g/mol. The van der Waals surface area contributed by atoms with Crippen molar-refractivity contribution in [1.82, 2.24) is 0 Å². The molecule has 0 bridgehead atoms. The van der Waals surface area contributed by atoms with E-state index in [1.165, 1.54) is 16.8 Å². The summed E-state index contributed by atoms with van der Waals surface area (Å²) in [7, 11) is 0. The number of nitrogens with two attached hydrogens (primary N) is 1. The molecule has 2 N–H and O–H groups in total. The van der Waals surface area contributed by atoms with Gasteiger partial charge in [0.25, 0.3) is 0 Å². The predicted molar refractivity (Wildman–Crippen MR) is 91.9 cm³/mol. The van der Waals surface area contributed by atoms with Gasteiger partial charge in [-0.25, -0.2) is 0 Å². The van der Waals surface area contributed by atoms with Gasteiger partial charge in [-0.3, -0.25) is 0 Å². The predicted octanol–water partition coefficient (Wildman–Crippen LogP) is 4.34. The molecule has 0 aliphatic rings. The van der Waals surface area contributed by atoms with Crippen molar-refractivity contribution in [3.05, 3.63) is 65.7 Å². The second kappa shape index (κ2) is 8.06. The highest BCUT2D eigenvalue weighted by Gasteiger charge is 2.14. The molecule has 0 radical (unpaired) electrons. The molecular formula is C18H23ClN2. The van der Waals surface area contributed by atoms with Gasteiger partial charge in [0.2, 0.25) is 0 Å². The maximum Gasteiger partial charge on any atom is 0.0430 e. The fourth-order valence-corrected chi connectivity index (χ4v) is 2.70. The maximum absolute atomic E-state index is 6.26. The van der Waals surface area contributed by atoms with E-state index in [2.05, 4.69) is 60.4 Å². The molecule has 2 rings (SSSR count). The van der Waals surface area contributed by atoms with Crippen LogP contribution in [0, 0.1) is 0 Å². The molecule has 0 aliphatic heterocycles. The van der Waals surface area contributed by atoms with Crippen LogP contribution in [0.2, 0.25) is 0 Å². The van der Waals surface area contributed by atoms with Gasteiger partial charge in [0.05, 0.1) is 0 Å². The molecule has 0 fully saturated rings.